The molecular formula is C12H13N3O2. The molecule has 0 bridgehead atoms. The molecule has 1 N–H and O–H groups in total. The standard InChI is InChI=1S/C12H13N3O2/c1-9-14-10(4-5-12(16)17)8-15(9)11-3-2-6-13-7-11/h2-3,6-8H,4-5H2,1H3,(H,16,17). The van der Waals surface area contributed by atoms with Crippen molar-refractivity contribution < 1.29 is 9.90 Å². The number of hydrogen-bond acceptors (Lipinski definition) is 3. The van der Waals surface area contributed by atoms with Crippen LogP contribution in [-0.2, 0) is 11.2 Å². The van der Waals surface area contributed by atoms with Crippen molar-refractivity contribution in [1.82, 2.24) is 14.5 Å². The average Bonchev–Trinajstić information content (AvgIpc) is 2.69. The van der Waals surface area contributed by atoms with Gasteiger partial charge in [0, 0.05) is 18.8 Å². The van der Waals surface area contributed by atoms with Gasteiger partial charge in [-0.3, -0.25) is 9.78 Å². The third kappa shape index (κ3) is 2.69. The molecule has 0 amide bonds. The lowest BCUT2D eigenvalue weighted by atomic mass is 10.2. The van der Waals surface area contributed by atoms with Crippen molar-refractivity contribution in [2.24, 2.45) is 0 Å². The van der Waals surface area contributed by atoms with Crippen LogP contribution < -0.4 is 0 Å². The molecule has 5 nitrogen and oxygen atoms in total. The van der Waals surface area contributed by atoms with Gasteiger partial charge in [-0.1, -0.05) is 0 Å². The maximum Gasteiger partial charge on any atom is 0.303 e. The number of rotatable bonds is 4. The van der Waals surface area contributed by atoms with Gasteiger partial charge in [-0.2, -0.15) is 0 Å². The molecule has 5 heteroatoms. The summed E-state index contributed by atoms with van der Waals surface area (Å²) < 4.78 is 1.91. The largest absolute Gasteiger partial charge is 0.481 e. The number of carboxylic acids is 1. The predicted molar refractivity (Wildman–Crippen MR) is 62.1 cm³/mol. The fourth-order valence-corrected chi connectivity index (χ4v) is 1.65. The maximum atomic E-state index is 10.5. The molecule has 0 saturated carbocycles. The first-order valence-electron chi connectivity index (χ1n) is 5.34. The van der Waals surface area contributed by atoms with Crippen LogP contribution in [-0.4, -0.2) is 25.6 Å². The number of aryl methyl sites for hydroxylation is 2. The fraction of sp³-hybridized carbons (Fsp3) is 0.250. The summed E-state index contributed by atoms with van der Waals surface area (Å²) in [5, 5.41) is 8.62. The monoisotopic (exact) mass is 231 g/mol. The van der Waals surface area contributed by atoms with Crippen molar-refractivity contribution in [3.63, 3.8) is 0 Å². The van der Waals surface area contributed by atoms with Crippen LogP contribution in [0.25, 0.3) is 5.69 Å². The molecule has 0 fully saturated rings. The maximum absolute atomic E-state index is 10.5. The lowest BCUT2D eigenvalue weighted by Gasteiger charge is -2.02. The minimum absolute atomic E-state index is 0.101. The van der Waals surface area contributed by atoms with E-state index in [1.54, 1.807) is 12.4 Å². The summed E-state index contributed by atoms with van der Waals surface area (Å²) in [5.41, 5.74) is 1.72. The van der Waals surface area contributed by atoms with E-state index in [1.165, 1.54) is 0 Å². The van der Waals surface area contributed by atoms with Gasteiger partial charge in [0.25, 0.3) is 0 Å². The Morgan fingerprint density at radius 3 is 3.00 bits per heavy atom. The lowest BCUT2D eigenvalue weighted by molar-refractivity contribution is -0.136. The Morgan fingerprint density at radius 1 is 1.53 bits per heavy atom. The lowest BCUT2D eigenvalue weighted by Crippen LogP contribution is -1.97. The number of pyridine rings is 1. The molecule has 0 radical (unpaired) electrons. The summed E-state index contributed by atoms with van der Waals surface area (Å²) >= 11 is 0. The molecule has 0 aromatic carbocycles. The van der Waals surface area contributed by atoms with Crippen LogP contribution in [0.5, 0.6) is 0 Å². The molecule has 2 heterocycles. The molecule has 0 aliphatic carbocycles. The minimum Gasteiger partial charge on any atom is -0.481 e. The second-order valence-electron chi connectivity index (χ2n) is 3.75. The highest BCUT2D eigenvalue weighted by atomic mass is 16.4. The SMILES string of the molecule is Cc1nc(CCC(=O)O)cn1-c1cccnc1. The number of carbonyl (C=O) groups is 1. The highest BCUT2D eigenvalue weighted by molar-refractivity contribution is 5.66. The van der Waals surface area contributed by atoms with Crippen LogP contribution >= 0.6 is 0 Å². The Hall–Kier alpha value is -2.17. The topological polar surface area (TPSA) is 68.0 Å². The van der Waals surface area contributed by atoms with Crippen LogP contribution in [0, 0.1) is 6.92 Å². The zero-order valence-corrected chi connectivity index (χ0v) is 9.50. The van der Waals surface area contributed by atoms with Crippen LogP contribution in [0.2, 0.25) is 0 Å². The summed E-state index contributed by atoms with van der Waals surface area (Å²) in [6.07, 6.45) is 5.86. The molecule has 0 spiro atoms. The van der Waals surface area contributed by atoms with Crippen molar-refractivity contribution in [1.29, 1.82) is 0 Å². The van der Waals surface area contributed by atoms with Gasteiger partial charge in [0.15, 0.2) is 0 Å². The van der Waals surface area contributed by atoms with Gasteiger partial charge in [-0.15, -0.1) is 0 Å². The number of nitrogens with zero attached hydrogens (tertiary/aromatic N) is 3. The Labute approximate surface area is 98.8 Å². The van der Waals surface area contributed by atoms with Gasteiger partial charge in [0.2, 0.25) is 0 Å². The third-order valence-corrected chi connectivity index (χ3v) is 2.45. The molecule has 2 rings (SSSR count). The molecule has 17 heavy (non-hydrogen) atoms. The van der Waals surface area contributed by atoms with E-state index in [0.29, 0.717) is 6.42 Å². The van der Waals surface area contributed by atoms with Gasteiger partial charge >= 0.3 is 5.97 Å². The van der Waals surface area contributed by atoms with Crippen molar-refractivity contribution in [2.75, 3.05) is 0 Å². The third-order valence-electron chi connectivity index (χ3n) is 2.45. The summed E-state index contributed by atoms with van der Waals surface area (Å²) in [4.78, 5) is 18.9. The van der Waals surface area contributed by atoms with Gasteiger partial charge in [0.05, 0.1) is 24.0 Å². The normalized spacial score (nSPS) is 10.4. The molecule has 0 unspecified atom stereocenters. The molecule has 0 atom stereocenters. The van der Waals surface area contributed by atoms with E-state index < -0.39 is 5.97 Å². The number of hydrogen-bond donors (Lipinski definition) is 1. The Morgan fingerprint density at radius 2 is 2.35 bits per heavy atom. The van der Waals surface area contributed by atoms with Gasteiger partial charge in [-0.25, -0.2) is 4.98 Å². The molecule has 2 aromatic rings. The van der Waals surface area contributed by atoms with Crippen molar-refractivity contribution >= 4 is 5.97 Å². The first-order chi connectivity index (χ1) is 8.16. The van der Waals surface area contributed by atoms with E-state index >= 15 is 0 Å². The van der Waals surface area contributed by atoms with Gasteiger partial charge < -0.3 is 9.67 Å². The van der Waals surface area contributed by atoms with E-state index in [1.807, 2.05) is 29.8 Å². The molecule has 0 aliphatic rings. The second kappa shape index (κ2) is 4.78. The van der Waals surface area contributed by atoms with Crippen LogP contribution in [0.3, 0.4) is 0 Å². The molecule has 88 valence electrons. The Kier molecular flexibility index (Phi) is 3.18. The highest BCUT2D eigenvalue weighted by Crippen LogP contribution is 2.12. The first kappa shape index (κ1) is 11.3. The number of carboxylic acid groups (broad SMARTS) is 1. The van der Waals surface area contributed by atoms with E-state index in [2.05, 4.69) is 9.97 Å². The summed E-state index contributed by atoms with van der Waals surface area (Å²) in [6, 6.07) is 3.79. The van der Waals surface area contributed by atoms with Crippen LogP contribution in [0.1, 0.15) is 17.9 Å². The zero-order chi connectivity index (χ0) is 12.3. The minimum atomic E-state index is -0.807. The first-order valence-corrected chi connectivity index (χ1v) is 5.34. The molecule has 2 aromatic heterocycles. The van der Waals surface area contributed by atoms with Gasteiger partial charge in [0.1, 0.15) is 5.82 Å². The van der Waals surface area contributed by atoms with E-state index in [4.69, 9.17) is 5.11 Å². The summed E-state index contributed by atoms with van der Waals surface area (Å²) in [7, 11) is 0. The second-order valence-corrected chi connectivity index (χ2v) is 3.75. The van der Waals surface area contributed by atoms with Gasteiger partial charge in [-0.05, 0) is 19.1 Å². The van der Waals surface area contributed by atoms with Crippen molar-refractivity contribution in [3.8, 4) is 5.69 Å². The Bertz CT molecular complexity index is 520. The summed E-state index contributed by atoms with van der Waals surface area (Å²) in [5.74, 6) is 0.0250. The number of aromatic nitrogens is 3. The van der Waals surface area contributed by atoms with E-state index in [9.17, 15) is 4.79 Å². The molecular weight excluding hydrogens is 218 g/mol. The van der Waals surface area contributed by atoms with Crippen LogP contribution in [0.15, 0.2) is 30.7 Å². The zero-order valence-electron chi connectivity index (χ0n) is 9.50. The van der Waals surface area contributed by atoms with E-state index in [0.717, 1.165) is 17.2 Å². The van der Waals surface area contributed by atoms with E-state index in [-0.39, 0.29) is 6.42 Å². The Balaban J connectivity index is 2.22. The quantitative estimate of drug-likeness (QED) is 0.867. The highest BCUT2D eigenvalue weighted by Gasteiger charge is 2.07. The predicted octanol–water partition coefficient (Wildman–Crippen LogP) is 1.59. The smallest absolute Gasteiger partial charge is 0.303 e. The average molecular weight is 231 g/mol. The van der Waals surface area contributed by atoms with Crippen molar-refractivity contribution in [3.05, 3.63) is 42.2 Å². The number of imidazole rings is 1. The fourth-order valence-electron chi connectivity index (χ4n) is 1.65. The van der Waals surface area contributed by atoms with Crippen molar-refractivity contribution in [2.45, 2.75) is 19.8 Å². The number of aliphatic carboxylic acids is 1. The summed E-state index contributed by atoms with van der Waals surface area (Å²) in [6.45, 7) is 1.89. The molecule has 0 saturated heterocycles. The molecule has 0 aliphatic heterocycles. The van der Waals surface area contributed by atoms with Crippen LogP contribution in [0.4, 0.5) is 0 Å².